The van der Waals surface area contributed by atoms with Crippen LogP contribution in [0.2, 0.25) is 0 Å². The van der Waals surface area contributed by atoms with Gasteiger partial charge in [-0.05, 0) is 33.6 Å². The van der Waals surface area contributed by atoms with Crippen LogP contribution in [-0.2, 0) is 0 Å². The lowest BCUT2D eigenvalue weighted by Gasteiger charge is -2.29. The molecular formula is C11H25N2Si. The van der Waals surface area contributed by atoms with E-state index in [4.69, 9.17) is 0 Å². The van der Waals surface area contributed by atoms with E-state index in [-0.39, 0.29) is 0 Å². The first-order chi connectivity index (χ1) is 6.67. The van der Waals surface area contributed by atoms with Gasteiger partial charge in [-0.1, -0.05) is 39.0 Å². The first-order valence-corrected chi connectivity index (χ1v) is 7.10. The summed E-state index contributed by atoms with van der Waals surface area (Å²) in [5.41, 5.74) is 2.42. The van der Waals surface area contributed by atoms with Crippen molar-refractivity contribution in [3.8, 4) is 0 Å². The van der Waals surface area contributed by atoms with Gasteiger partial charge in [-0.3, -0.25) is 0 Å². The van der Waals surface area contributed by atoms with Crippen molar-refractivity contribution in [1.82, 2.24) is 9.13 Å². The Hall–Kier alpha value is -0.123. The van der Waals surface area contributed by atoms with E-state index in [9.17, 15) is 0 Å². The normalized spacial score (nSPS) is 12.6. The molecule has 0 N–H and O–H groups in total. The highest BCUT2D eigenvalue weighted by Gasteiger charge is 2.17. The molecule has 0 fully saturated rings. The highest BCUT2D eigenvalue weighted by molar-refractivity contribution is 6.58. The molecular weight excluding hydrogens is 188 g/mol. The van der Waals surface area contributed by atoms with Crippen LogP contribution in [0.25, 0.3) is 0 Å². The van der Waals surface area contributed by atoms with Crippen LogP contribution in [0.3, 0.4) is 0 Å². The van der Waals surface area contributed by atoms with E-state index in [1.165, 1.54) is 12.8 Å². The quantitative estimate of drug-likeness (QED) is 0.599. The third kappa shape index (κ3) is 4.93. The molecule has 0 rings (SSSR count). The molecule has 0 aromatic heterocycles. The largest absolute Gasteiger partial charge is 0.311 e. The predicted molar refractivity (Wildman–Crippen MR) is 66.4 cm³/mol. The lowest BCUT2D eigenvalue weighted by Crippen LogP contribution is -2.48. The second kappa shape index (κ2) is 8.21. The van der Waals surface area contributed by atoms with Gasteiger partial charge in [0.25, 0.3) is 9.12 Å². The van der Waals surface area contributed by atoms with Gasteiger partial charge in [0.1, 0.15) is 0 Å². The van der Waals surface area contributed by atoms with E-state index in [0.717, 1.165) is 13.1 Å². The SMILES string of the molecule is CCCC=C[Si](N(C)CC)N(C)CC. The first-order valence-electron chi connectivity index (χ1n) is 5.63. The van der Waals surface area contributed by atoms with Gasteiger partial charge < -0.3 is 9.13 Å². The van der Waals surface area contributed by atoms with E-state index < -0.39 is 9.12 Å². The maximum Gasteiger partial charge on any atom is 0.258 e. The van der Waals surface area contributed by atoms with Crippen LogP contribution in [-0.4, -0.2) is 45.4 Å². The minimum atomic E-state index is -0.588. The number of allylic oxidation sites excluding steroid dienone is 1. The molecule has 0 unspecified atom stereocenters. The maximum atomic E-state index is 2.46. The van der Waals surface area contributed by atoms with Crippen LogP contribution in [0, 0.1) is 0 Å². The summed E-state index contributed by atoms with van der Waals surface area (Å²) in [6, 6.07) is 0. The summed E-state index contributed by atoms with van der Waals surface area (Å²) in [4.78, 5) is 0. The summed E-state index contributed by atoms with van der Waals surface area (Å²) < 4.78 is 4.92. The second-order valence-corrected chi connectivity index (χ2v) is 6.15. The lowest BCUT2D eigenvalue weighted by atomic mass is 10.3. The monoisotopic (exact) mass is 213 g/mol. The molecule has 0 spiro atoms. The summed E-state index contributed by atoms with van der Waals surface area (Å²) in [5.74, 6) is 0. The van der Waals surface area contributed by atoms with Crippen LogP contribution in [0.15, 0.2) is 11.8 Å². The van der Waals surface area contributed by atoms with Crippen LogP contribution in [0.1, 0.15) is 33.6 Å². The van der Waals surface area contributed by atoms with Gasteiger partial charge in [0.15, 0.2) is 0 Å². The zero-order chi connectivity index (χ0) is 11.0. The summed E-state index contributed by atoms with van der Waals surface area (Å²) in [7, 11) is 3.85. The topological polar surface area (TPSA) is 6.48 Å². The maximum absolute atomic E-state index is 2.46. The highest BCUT2D eigenvalue weighted by Crippen LogP contribution is 2.00. The molecule has 0 aromatic carbocycles. The summed E-state index contributed by atoms with van der Waals surface area (Å²) >= 11 is 0. The summed E-state index contributed by atoms with van der Waals surface area (Å²) in [6.07, 6.45) is 4.80. The van der Waals surface area contributed by atoms with Crippen molar-refractivity contribution >= 4 is 9.12 Å². The fourth-order valence-electron chi connectivity index (χ4n) is 1.23. The van der Waals surface area contributed by atoms with Crippen LogP contribution in [0.5, 0.6) is 0 Å². The Morgan fingerprint density at radius 3 is 1.86 bits per heavy atom. The van der Waals surface area contributed by atoms with Crippen LogP contribution >= 0.6 is 0 Å². The molecule has 0 heterocycles. The van der Waals surface area contributed by atoms with E-state index >= 15 is 0 Å². The summed E-state index contributed by atoms with van der Waals surface area (Å²) in [6.45, 7) is 8.94. The third-order valence-electron chi connectivity index (χ3n) is 2.45. The molecule has 83 valence electrons. The van der Waals surface area contributed by atoms with Gasteiger partial charge in [-0.15, -0.1) is 0 Å². The number of rotatable bonds is 7. The lowest BCUT2D eigenvalue weighted by molar-refractivity contribution is 0.451. The van der Waals surface area contributed by atoms with Crippen LogP contribution < -0.4 is 0 Å². The Balaban J connectivity index is 4.23. The van der Waals surface area contributed by atoms with Crippen molar-refractivity contribution in [1.29, 1.82) is 0 Å². The third-order valence-corrected chi connectivity index (χ3v) is 5.18. The molecule has 0 saturated carbocycles. The van der Waals surface area contributed by atoms with E-state index in [2.05, 4.69) is 55.8 Å². The smallest absolute Gasteiger partial charge is 0.258 e. The molecule has 14 heavy (non-hydrogen) atoms. The Morgan fingerprint density at radius 2 is 1.50 bits per heavy atom. The predicted octanol–water partition coefficient (Wildman–Crippen LogP) is 2.27. The molecule has 1 radical (unpaired) electrons. The number of unbranched alkanes of at least 4 members (excludes halogenated alkanes) is 1. The molecule has 3 heteroatoms. The van der Waals surface area contributed by atoms with Gasteiger partial charge in [-0.2, -0.15) is 0 Å². The molecule has 0 bridgehead atoms. The fourth-order valence-corrected chi connectivity index (χ4v) is 3.34. The summed E-state index contributed by atoms with van der Waals surface area (Å²) in [5, 5.41) is 0. The second-order valence-electron chi connectivity index (χ2n) is 3.58. The Kier molecular flexibility index (Phi) is 8.13. The van der Waals surface area contributed by atoms with Gasteiger partial charge >= 0.3 is 0 Å². The Labute approximate surface area is 91.4 Å². The molecule has 0 aliphatic carbocycles. The molecule has 2 nitrogen and oxygen atoms in total. The zero-order valence-electron chi connectivity index (χ0n) is 10.4. The molecule has 0 atom stereocenters. The van der Waals surface area contributed by atoms with Crippen molar-refractivity contribution in [2.75, 3.05) is 27.2 Å². The zero-order valence-corrected chi connectivity index (χ0v) is 11.4. The highest BCUT2D eigenvalue weighted by atomic mass is 28.3. The Bertz CT molecular complexity index is 149. The van der Waals surface area contributed by atoms with Gasteiger partial charge in [0.05, 0.1) is 0 Å². The number of hydrogen-bond acceptors (Lipinski definition) is 2. The first kappa shape index (κ1) is 13.9. The number of nitrogens with zero attached hydrogens (tertiary/aromatic N) is 2. The van der Waals surface area contributed by atoms with Crippen LogP contribution in [0.4, 0.5) is 0 Å². The molecule has 0 aromatic rings. The van der Waals surface area contributed by atoms with E-state index in [0.29, 0.717) is 0 Å². The van der Waals surface area contributed by atoms with Crippen molar-refractivity contribution in [2.24, 2.45) is 0 Å². The van der Waals surface area contributed by atoms with E-state index in [1.807, 2.05) is 0 Å². The van der Waals surface area contributed by atoms with E-state index in [1.54, 1.807) is 0 Å². The minimum Gasteiger partial charge on any atom is -0.311 e. The van der Waals surface area contributed by atoms with Gasteiger partial charge in [-0.25, -0.2) is 0 Å². The minimum absolute atomic E-state index is 0.588. The Morgan fingerprint density at radius 1 is 1.00 bits per heavy atom. The number of hydrogen-bond donors (Lipinski definition) is 0. The van der Waals surface area contributed by atoms with Crippen molar-refractivity contribution in [3.63, 3.8) is 0 Å². The van der Waals surface area contributed by atoms with Crippen molar-refractivity contribution < 1.29 is 0 Å². The fraction of sp³-hybridized carbons (Fsp3) is 0.818. The van der Waals surface area contributed by atoms with Gasteiger partial charge in [0.2, 0.25) is 0 Å². The van der Waals surface area contributed by atoms with Gasteiger partial charge in [0, 0.05) is 0 Å². The molecule has 0 amide bonds. The van der Waals surface area contributed by atoms with Crippen molar-refractivity contribution in [3.05, 3.63) is 11.8 Å². The average molecular weight is 213 g/mol. The standard InChI is InChI=1S/C11H25N2Si/c1-6-9-10-11-14(12(4)7-2)13(5)8-3/h10-11H,6-9H2,1-5H3. The molecule has 0 saturated heterocycles. The molecule has 0 aliphatic heterocycles. The molecule has 0 aliphatic rings. The average Bonchev–Trinajstić information content (AvgIpc) is 2.22. The van der Waals surface area contributed by atoms with Crippen molar-refractivity contribution in [2.45, 2.75) is 33.6 Å².